The van der Waals surface area contributed by atoms with Gasteiger partial charge in [-0.05, 0) is 62.7 Å². The van der Waals surface area contributed by atoms with Crippen molar-refractivity contribution in [2.45, 2.75) is 61.6 Å². The number of carbonyl (C=O) groups excluding carboxylic acids is 3. The van der Waals surface area contributed by atoms with E-state index in [-0.39, 0.29) is 5.91 Å². The number of fused-ring (bicyclic) bond motifs is 1. The number of carbonyl (C=O) groups is 3. The van der Waals surface area contributed by atoms with Crippen LogP contribution in [-0.2, 0) is 13.1 Å². The molecule has 230 valence electrons. The highest BCUT2D eigenvalue weighted by Gasteiger charge is 2.19. The molecule has 0 spiro atoms. The minimum absolute atomic E-state index is 0.324. The van der Waals surface area contributed by atoms with E-state index in [0.29, 0.717) is 59.3 Å². The molecule has 0 saturated heterocycles. The zero-order valence-electron chi connectivity index (χ0n) is 26.0. The van der Waals surface area contributed by atoms with E-state index in [4.69, 9.17) is 17.2 Å². The van der Waals surface area contributed by atoms with Crippen molar-refractivity contribution in [2.24, 2.45) is 11.5 Å². The molecule has 0 radical (unpaired) electrons. The fourth-order valence-electron chi connectivity index (χ4n) is 4.34. The van der Waals surface area contributed by atoms with Gasteiger partial charge in [0.25, 0.3) is 5.91 Å². The van der Waals surface area contributed by atoms with Gasteiger partial charge in [0.05, 0.1) is 28.1 Å². The third-order valence-corrected chi connectivity index (χ3v) is 6.18. The molecule has 3 amide bonds. The van der Waals surface area contributed by atoms with Gasteiger partial charge in [0.15, 0.2) is 0 Å². The Balaban J connectivity index is 0.00000155. The number of nitrogen functional groups attached to an aromatic ring is 1. The highest BCUT2D eigenvalue weighted by Crippen LogP contribution is 2.26. The Morgan fingerprint density at radius 1 is 0.930 bits per heavy atom. The minimum Gasteiger partial charge on any atom is -0.397 e. The lowest BCUT2D eigenvalue weighted by Gasteiger charge is -2.11. The average molecular weight is 590 g/mol. The number of allylic oxidation sites excluding steroid dienone is 1. The topological polar surface area (TPSA) is 189 Å². The minimum atomic E-state index is -0.559. The van der Waals surface area contributed by atoms with Gasteiger partial charge in [-0.1, -0.05) is 39.8 Å². The second-order valence-electron chi connectivity index (χ2n) is 9.03. The molecule has 0 aliphatic heterocycles. The monoisotopic (exact) mass is 589 g/mol. The Morgan fingerprint density at radius 3 is 2.21 bits per heavy atom. The number of anilines is 3. The van der Waals surface area contributed by atoms with Crippen LogP contribution in [0.4, 0.5) is 17.3 Å². The quantitative estimate of drug-likeness (QED) is 0.132. The number of benzene rings is 2. The van der Waals surface area contributed by atoms with Gasteiger partial charge in [0.2, 0.25) is 17.8 Å². The number of nitrogens with one attached hydrogen (secondary N) is 2. The molecule has 43 heavy (non-hydrogen) atoms. The molecule has 2 heterocycles. The third kappa shape index (κ3) is 8.22. The van der Waals surface area contributed by atoms with Crippen LogP contribution in [0.15, 0.2) is 48.6 Å². The van der Waals surface area contributed by atoms with Crippen LogP contribution in [0.5, 0.6) is 0 Å². The molecule has 8 N–H and O–H groups in total. The number of aryl methyl sites for hydroxylation is 3. The van der Waals surface area contributed by atoms with Gasteiger partial charge < -0.3 is 27.1 Å². The van der Waals surface area contributed by atoms with Crippen molar-refractivity contribution in [3.05, 3.63) is 76.6 Å². The van der Waals surface area contributed by atoms with Crippen molar-refractivity contribution in [3.8, 4) is 0 Å². The molecule has 2 aromatic carbocycles. The number of imidazole rings is 1. The van der Waals surface area contributed by atoms with Gasteiger partial charge >= 0.3 is 0 Å². The summed E-state index contributed by atoms with van der Waals surface area (Å²) in [6.07, 6.45) is 3.82. The summed E-state index contributed by atoms with van der Waals surface area (Å²) in [5.41, 5.74) is 21.8. The molecule has 0 aliphatic rings. The standard InChI is InChI=1S/C27H31N9O3.2C2H6/c1-4-36-22(12-16(3)34-36)26(39)33-27-32-21-14-18(25(30)38)11-15(2)23(21)35(27)10-6-5-9-31-20-8-7-17(24(29)37)13-19(20)28;2*1-2/h5-8,11-14,31H,4,9-10,28H2,1-3H3,(H2,29,37)(H2,30,38)(H,32,33,39);2*1-2H3/b6-5+;;. The summed E-state index contributed by atoms with van der Waals surface area (Å²) in [4.78, 5) is 40.9. The molecule has 0 fully saturated rings. The molecule has 4 aromatic rings. The van der Waals surface area contributed by atoms with Crippen molar-refractivity contribution in [1.82, 2.24) is 19.3 Å². The molecular weight excluding hydrogens is 546 g/mol. The van der Waals surface area contributed by atoms with Crippen LogP contribution in [-0.4, -0.2) is 43.6 Å². The van der Waals surface area contributed by atoms with E-state index in [2.05, 4.69) is 20.7 Å². The third-order valence-electron chi connectivity index (χ3n) is 6.18. The van der Waals surface area contributed by atoms with Crippen LogP contribution < -0.4 is 27.8 Å². The number of primary amides is 2. The SMILES string of the molecule is CC.CC.CCn1nc(C)cc1C(=O)Nc1nc2cc(C(N)=O)cc(C)c2n1C/C=C/CNc1ccc(C(N)=O)cc1N. The van der Waals surface area contributed by atoms with Crippen molar-refractivity contribution < 1.29 is 14.4 Å². The lowest BCUT2D eigenvalue weighted by molar-refractivity contribution is 0.0992. The molecule has 0 atom stereocenters. The smallest absolute Gasteiger partial charge is 0.276 e. The first kappa shape index (κ1) is 34.1. The molecular formula is C31H43N9O3. The first-order valence-corrected chi connectivity index (χ1v) is 14.3. The molecule has 12 nitrogen and oxygen atoms in total. The number of amides is 3. The maximum Gasteiger partial charge on any atom is 0.276 e. The lowest BCUT2D eigenvalue weighted by Crippen LogP contribution is -2.20. The molecule has 0 bridgehead atoms. The van der Waals surface area contributed by atoms with E-state index in [1.165, 1.54) is 6.07 Å². The van der Waals surface area contributed by atoms with E-state index in [0.717, 1.165) is 16.8 Å². The number of nitrogens with zero attached hydrogens (tertiary/aromatic N) is 4. The molecule has 0 unspecified atom stereocenters. The van der Waals surface area contributed by atoms with Crippen molar-refractivity contribution >= 4 is 46.1 Å². The molecule has 0 saturated carbocycles. The largest absolute Gasteiger partial charge is 0.397 e. The number of hydrogen-bond donors (Lipinski definition) is 5. The molecule has 4 rings (SSSR count). The van der Waals surface area contributed by atoms with Gasteiger partial charge in [0, 0.05) is 30.8 Å². The Labute approximate surface area is 252 Å². The molecule has 12 heteroatoms. The van der Waals surface area contributed by atoms with Crippen LogP contribution in [0, 0.1) is 13.8 Å². The summed E-state index contributed by atoms with van der Waals surface area (Å²) >= 11 is 0. The van der Waals surface area contributed by atoms with Gasteiger partial charge in [-0.2, -0.15) is 5.10 Å². The van der Waals surface area contributed by atoms with Crippen LogP contribution in [0.3, 0.4) is 0 Å². The van der Waals surface area contributed by atoms with Gasteiger partial charge in [-0.15, -0.1) is 0 Å². The van der Waals surface area contributed by atoms with Crippen molar-refractivity contribution in [1.29, 1.82) is 0 Å². The average Bonchev–Trinajstić information content (AvgIpc) is 3.55. The van der Waals surface area contributed by atoms with Crippen LogP contribution in [0.1, 0.15) is 77.1 Å². The highest BCUT2D eigenvalue weighted by molar-refractivity contribution is 6.04. The molecule has 2 aromatic heterocycles. The van der Waals surface area contributed by atoms with Crippen LogP contribution in [0.25, 0.3) is 11.0 Å². The zero-order valence-corrected chi connectivity index (χ0v) is 26.0. The van der Waals surface area contributed by atoms with Crippen LogP contribution in [0.2, 0.25) is 0 Å². The van der Waals surface area contributed by atoms with Gasteiger partial charge in [0.1, 0.15) is 5.69 Å². The van der Waals surface area contributed by atoms with E-state index in [1.54, 1.807) is 35.0 Å². The summed E-state index contributed by atoms with van der Waals surface area (Å²) < 4.78 is 3.49. The summed E-state index contributed by atoms with van der Waals surface area (Å²) in [5.74, 6) is -1.12. The lowest BCUT2D eigenvalue weighted by atomic mass is 10.1. The van der Waals surface area contributed by atoms with Crippen molar-refractivity contribution in [3.63, 3.8) is 0 Å². The summed E-state index contributed by atoms with van der Waals surface area (Å²) in [6, 6.07) is 9.86. The predicted molar refractivity (Wildman–Crippen MR) is 173 cm³/mol. The Kier molecular flexibility index (Phi) is 12.5. The summed E-state index contributed by atoms with van der Waals surface area (Å²) in [6.45, 7) is 15.0. The first-order valence-electron chi connectivity index (χ1n) is 14.3. The number of hydrogen-bond acceptors (Lipinski definition) is 7. The normalized spacial score (nSPS) is 10.5. The molecule has 0 aliphatic carbocycles. The highest BCUT2D eigenvalue weighted by atomic mass is 16.2. The van der Waals surface area contributed by atoms with E-state index in [1.807, 2.05) is 65.2 Å². The Hall–Kier alpha value is -5.13. The van der Waals surface area contributed by atoms with Crippen molar-refractivity contribution in [2.75, 3.05) is 22.9 Å². The summed E-state index contributed by atoms with van der Waals surface area (Å²) in [7, 11) is 0. The first-order chi connectivity index (χ1) is 20.6. The number of rotatable bonds is 10. The zero-order chi connectivity index (χ0) is 32.3. The van der Waals surface area contributed by atoms with Gasteiger partial charge in [-0.3, -0.25) is 24.4 Å². The number of aromatic nitrogens is 4. The summed E-state index contributed by atoms with van der Waals surface area (Å²) in [5, 5.41) is 10.4. The second kappa shape index (κ2) is 15.8. The Bertz CT molecular complexity index is 1620. The van der Waals surface area contributed by atoms with E-state index < -0.39 is 11.8 Å². The fourth-order valence-corrected chi connectivity index (χ4v) is 4.34. The second-order valence-corrected chi connectivity index (χ2v) is 9.03. The van der Waals surface area contributed by atoms with E-state index >= 15 is 0 Å². The van der Waals surface area contributed by atoms with Gasteiger partial charge in [-0.25, -0.2) is 4.98 Å². The maximum absolute atomic E-state index is 13.2. The predicted octanol–water partition coefficient (Wildman–Crippen LogP) is 4.62. The fraction of sp³-hybridized carbons (Fsp3) is 0.323. The Morgan fingerprint density at radius 2 is 1.60 bits per heavy atom. The van der Waals surface area contributed by atoms with E-state index in [9.17, 15) is 14.4 Å². The number of nitrogens with two attached hydrogens (primary N) is 3. The van der Waals surface area contributed by atoms with Crippen LogP contribution >= 0.6 is 0 Å². The maximum atomic E-state index is 13.2.